The van der Waals surface area contributed by atoms with Gasteiger partial charge in [0.2, 0.25) is 0 Å². The van der Waals surface area contributed by atoms with E-state index in [1.165, 1.54) is 56.9 Å². The van der Waals surface area contributed by atoms with Gasteiger partial charge >= 0.3 is 0 Å². The second-order valence-electron chi connectivity index (χ2n) is 5.51. The third-order valence-electron chi connectivity index (χ3n) is 3.62. The Hall–Kier alpha value is -1.02. The largest absolute Gasteiger partial charge is 0.494 e. The summed E-state index contributed by atoms with van der Waals surface area (Å²) in [5, 5.41) is 0. The van der Waals surface area contributed by atoms with Gasteiger partial charge in [-0.2, -0.15) is 0 Å². The zero-order chi connectivity index (χ0) is 14.5. The number of nitrogens with two attached hydrogens (primary N) is 1. The highest BCUT2D eigenvalue weighted by Gasteiger charge is 1.96. The standard InChI is InChI=1S/C18H31NO/c1-2-3-4-5-6-7-8-9-16-20-18-12-10-17(11-13-18)14-15-19/h10-13H,2-9,14-16,19H2,1H3. The molecule has 2 heteroatoms. The Morgan fingerprint density at radius 1 is 0.850 bits per heavy atom. The summed E-state index contributed by atoms with van der Waals surface area (Å²) in [6, 6.07) is 8.32. The zero-order valence-electron chi connectivity index (χ0n) is 13.1. The predicted octanol–water partition coefficient (Wildman–Crippen LogP) is 4.71. The van der Waals surface area contributed by atoms with Gasteiger partial charge in [-0.15, -0.1) is 0 Å². The van der Waals surface area contributed by atoms with Crippen LogP contribution in [-0.2, 0) is 6.42 Å². The normalized spacial score (nSPS) is 10.7. The molecule has 114 valence electrons. The lowest BCUT2D eigenvalue weighted by molar-refractivity contribution is 0.304. The third-order valence-corrected chi connectivity index (χ3v) is 3.62. The summed E-state index contributed by atoms with van der Waals surface area (Å²) in [5.74, 6) is 0.980. The van der Waals surface area contributed by atoms with Gasteiger partial charge in [-0.1, -0.05) is 64.0 Å². The summed E-state index contributed by atoms with van der Waals surface area (Å²) in [6.07, 6.45) is 11.7. The van der Waals surface area contributed by atoms with Crippen LogP contribution < -0.4 is 10.5 Å². The van der Waals surface area contributed by atoms with E-state index in [0.717, 1.165) is 18.8 Å². The highest BCUT2D eigenvalue weighted by atomic mass is 16.5. The summed E-state index contributed by atoms with van der Waals surface area (Å²) in [4.78, 5) is 0. The van der Waals surface area contributed by atoms with Crippen molar-refractivity contribution in [3.63, 3.8) is 0 Å². The predicted molar refractivity (Wildman–Crippen MR) is 87.3 cm³/mol. The SMILES string of the molecule is CCCCCCCCCCOc1ccc(CCN)cc1. The molecule has 0 saturated heterocycles. The Morgan fingerprint density at radius 2 is 1.45 bits per heavy atom. The maximum atomic E-state index is 5.75. The number of hydrogen-bond donors (Lipinski definition) is 1. The Bertz CT molecular complexity index is 321. The molecule has 0 fully saturated rings. The Labute approximate surface area is 124 Å². The molecular weight excluding hydrogens is 246 g/mol. The average molecular weight is 277 g/mol. The van der Waals surface area contributed by atoms with Gasteiger partial charge in [0.25, 0.3) is 0 Å². The van der Waals surface area contributed by atoms with E-state index in [1.807, 2.05) is 0 Å². The summed E-state index contributed by atoms with van der Waals surface area (Å²) in [5.41, 5.74) is 6.82. The van der Waals surface area contributed by atoms with Crippen LogP contribution in [0.4, 0.5) is 0 Å². The molecule has 0 heterocycles. The van der Waals surface area contributed by atoms with Crippen molar-refractivity contribution >= 4 is 0 Å². The minimum atomic E-state index is 0.707. The molecule has 0 amide bonds. The lowest BCUT2D eigenvalue weighted by atomic mass is 10.1. The van der Waals surface area contributed by atoms with E-state index in [9.17, 15) is 0 Å². The maximum Gasteiger partial charge on any atom is 0.119 e. The van der Waals surface area contributed by atoms with E-state index >= 15 is 0 Å². The van der Waals surface area contributed by atoms with E-state index in [-0.39, 0.29) is 0 Å². The molecule has 0 aliphatic heterocycles. The number of ether oxygens (including phenoxy) is 1. The van der Waals surface area contributed by atoms with Gasteiger partial charge in [0.05, 0.1) is 6.61 Å². The number of rotatable bonds is 12. The summed E-state index contributed by atoms with van der Waals surface area (Å²) >= 11 is 0. The first kappa shape index (κ1) is 17.0. The topological polar surface area (TPSA) is 35.2 Å². The molecule has 2 N–H and O–H groups in total. The van der Waals surface area contributed by atoms with Crippen LogP contribution in [0.25, 0.3) is 0 Å². The van der Waals surface area contributed by atoms with Crippen molar-refractivity contribution < 1.29 is 4.74 Å². The first-order chi connectivity index (χ1) is 9.86. The summed E-state index contributed by atoms with van der Waals surface area (Å²) in [7, 11) is 0. The molecule has 0 atom stereocenters. The lowest BCUT2D eigenvalue weighted by Crippen LogP contribution is -2.02. The van der Waals surface area contributed by atoms with Crippen LogP contribution in [0, 0.1) is 0 Å². The van der Waals surface area contributed by atoms with Gasteiger partial charge in [-0.3, -0.25) is 0 Å². The second-order valence-corrected chi connectivity index (χ2v) is 5.51. The molecular formula is C18H31NO. The first-order valence-corrected chi connectivity index (χ1v) is 8.28. The van der Waals surface area contributed by atoms with Crippen LogP contribution in [0.15, 0.2) is 24.3 Å². The van der Waals surface area contributed by atoms with Gasteiger partial charge in [0.1, 0.15) is 5.75 Å². The Kier molecular flexibility index (Phi) is 10.0. The highest BCUT2D eigenvalue weighted by Crippen LogP contribution is 2.13. The second kappa shape index (κ2) is 11.8. The van der Waals surface area contributed by atoms with Crippen molar-refractivity contribution in [3.05, 3.63) is 29.8 Å². The summed E-state index contributed by atoms with van der Waals surface area (Å²) < 4.78 is 5.75. The van der Waals surface area contributed by atoms with Gasteiger partial charge in [0, 0.05) is 0 Å². The maximum absolute atomic E-state index is 5.75. The molecule has 0 unspecified atom stereocenters. The minimum absolute atomic E-state index is 0.707. The zero-order valence-corrected chi connectivity index (χ0v) is 13.1. The number of benzene rings is 1. The fourth-order valence-corrected chi connectivity index (χ4v) is 2.34. The van der Waals surface area contributed by atoms with E-state index in [0.29, 0.717) is 6.54 Å². The molecule has 0 aliphatic carbocycles. The molecule has 0 radical (unpaired) electrons. The summed E-state index contributed by atoms with van der Waals surface area (Å²) in [6.45, 7) is 3.81. The smallest absolute Gasteiger partial charge is 0.119 e. The molecule has 1 aromatic rings. The molecule has 0 saturated carbocycles. The quantitative estimate of drug-likeness (QED) is 0.562. The molecule has 0 aromatic heterocycles. The fourth-order valence-electron chi connectivity index (χ4n) is 2.34. The van der Waals surface area contributed by atoms with Crippen LogP contribution in [0.3, 0.4) is 0 Å². The van der Waals surface area contributed by atoms with Crippen LogP contribution in [-0.4, -0.2) is 13.2 Å². The molecule has 20 heavy (non-hydrogen) atoms. The van der Waals surface area contributed by atoms with Gasteiger partial charge < -0.3 is 10.5 Å². The van der Waals surface area contributed by atoms with Crippen molar-refractivity contribution in [2.24, 2.45) is 5.73 Å². The highest BCUT2D eigenvalue weighted by molar-refractivity contribution is 5.27. The molecule has 0 aliphatic rings. The van der Waals surface area contributed by atoms with Crippen molar-refractivity contribution in [3.8, 4) is 5.75 Å². The van der Waals surface area contributed by atoms with Crippen molar-refractivity contribution in [1.82, 2.24) is 0 Å². The van der Waals surface area contributed by atoms with Crippen molar-refractivity contribution in [2.45, 2.75) is 64.7 Å². The Morgan fingerprint density at radius 3 is 2.05 bits per heavy atom. The van der Waals surface area contributed by atoms with Gasteiger partial charge in [0.15, 0.2) is 0 Å². The van der Waals surface area contributed by atoms with Crippen molar-refractivity contribution in [2.75, 3.05) is 13.2 Å². The van der Waals surface area contributed by atoms with Gasteiger partial charge in [-0.25, -0.2) is 0 Å². The van der Waals surface area contributed by atoms with Crippen LogP contribution in [0.5, 0.6) is 5.75 Å². The van der Waals surface area contributed by atoms with Crippen LogP contribution >= 0.6 is 0 Å². The molecule has 1 aromatic carbocycles. The molecule has 0 bridgehead atoms. The first-order valence-electron chi connectivity index (χ1n) is 8.28. The monoisotopic (exact) mass is 277 g/mol. The molecule has 0 spiro atoms. The average Bonchev–Trinajstić information content (AvgIpc) is 2.47. The van der Waals surface area contributed by atoms with Gasteiger partial charge in [-0.05, 0) is 37.1 Å². The van der Waals surface area contributed by atoms with Crippen LogP contribution in [0.2, 0.25) is 0 Å². The third kappa shape index (κ3) is 8.21. The molecule has 2 nitrogen and oxygen atoms in total. The van der Waals surface area contributed by atoms with E-state index < -0.39 is 0 Å². The Balaban J connectivity index is 1.98. The van der Waals surface area contributed by atoms with E-state index in [1.54, 1.807) is 0 Å². The van der Waals surface area contributed by atoms with E-state index in [4.69, 9.17) is 10.5 Å². The lowest BCUT2D eigenvalue weighted by Gasteiger charge is -2.07. The number of hydrogen-bond acceptors (Lipinski definition) is 2. The van der Waals surface area contributed by atoms with E-state index in [2.05, 4.69) is 31.2 Å². The molecule has 1 rings (SSSR count). The fraction of sp³-hybridized carbons (Fsp3) is 0.667. The van der Waals surface area contributed by atoms with Crippen molar-refractivity contribution in [1.29, 1.82) is 0 Å². The van der Waals surface area contributed by atoms with Crippen LogP contribution in [0.1, 0.15) is 63.9 Å². The minimum Gasteiger partial charge on any atom is -0.494 e. The number of unbranched alkanes of at least 4 members (excludes halogenated alkanes) is 7.